The lowest BCUT2D eigenvalue weighted by atomic mass is 9.96. The molecule has 1 amide bonds. The molecule has 1 fully saturated rings. The molecule has 0 bridgehead atoms. The molecule has 4 N–H and O–H groups in total. The Labute approximate surface area is 125 Å². The van der Waals surface area contributed by atoms with Gasteiger partial charge in [-0.1, -0.05) is 0 Å². The van der Waals surface area contributed by atoms with Gasteiger partial charge in [-0.2, -0.15) is 0 Å². The summed E-state index contributed by atoms with van der Waals surface area (Å²) in [6.07, 6.45) is 2.10. The fourth-order valence-corrected chi connectivity index (χ4v) is 2.70. The molecule has 1 saturated heterocycles. The maximum atomic E-state index is 11.0. The minimum atomic E-state index is 0.0401. The van der Waals surface area contributed by atoms with E-state index in [9.17, 15) is 4.79 Å². The lowest BCUT2D eigenvalue weighted by Gasteiger charge is -2.34. The van der Waals surface area contributed by atoms with Crippen molar-refractivity contribution in [2.24, 2.45) is 11.8 Å². The smallest absolute Gasteiger partial charge is 0.216 e. The van der Waals surface area contributed by atoms with Gasteiger partial charge in [-0.15, -0.1) is 0 Å². The molecule has 2 rings (SSSR count). The second-order valence-corrected chi connectivity index (χ2v) is 5.58. The molecule has 21 heavy (non-hydrogen) atoms. The molecule has 0 unspecified atom stereocenters. The van der Waals surface area contributed by atoms with E-state index in [1.165, 1.54) is 0 Å². The minimum Gasteiger partial charge on any atom is -0.356 e. The van der Waals surface area contributed by atoms with E-state index in [0.717, 1.165) is 43.9 Å². The third-order valence-corrected chi connectivity index (χ3v) is 3.92. The van der Waals surface area contributed by atoms with Gasteiger partial charge in [0.25, 0.3) is 0 Å². The van der Waals surface area contributed by atoms with Crippen LogP contribution in [-0.4, -0.2) is 35.5 Å². The van der Waals surface area contributed by atoms with E-state index < -0.39 is 0 Å². The van der Waals surface area contributed by atoms with E-state index in [1.807, 2.05) is 13.8 Å². The number of carbonyl (C=O) groups is 1. The largest absolute Gasteiger partial charge is 0.356 e. The Morgan fingerprint density at radius 3 is 2.57 bits per heavy atom. The normalized spacial score (nSPS) is 15.9. The molecular weight excluding hydrogens is 268 g/mol. The number of nitrogens with two attached hydrogens (primary N) is 1. The van der Waals surface area contributed by atoms with Crippen molar-refractivity contribution in [3.63, 3.8) is 0 Å². The molecule has 7 nitrogen and oxygen atoms in total. The Morgan fingerprint density at radius 1 is 1.33 bits per heavy atom. The molecule has 1 aliphatic rings. The third kappa shape index (κ3) is 3.81. The predicted octanol–water partition coefficient (Wildman–Crippen LogP) is 0.732. The van der Waals surface area contributed by atoms with Crippen LogP contribution in [0.1, 0.15) is 31.2 Å². The zero-order valence-electron chi connectivity index (χ0n) is 12.9. The van der Waals surface area contributed by atoms with Gasteiger partial charge in [-0.25, -0.2) is 15.8 Å². The summed E-state index contributed by atoms with van der Waals surface area (Å²) in [6.45, 7) is 8.04. The van der Waals surface area contributed by atoms with Crippen LogP contribution in [0.3, 0.4) is 0 Å². The van der Waals surface area contributed by atoms with Crippen molar-refractivity contribution in [3.05, 3.63) is 11.4 Å². The van der Waals surface area contributed by atoms with Crippen molar-refractivity contribution in [2.45, 2.75) is 33.6 Å². The fraction of sp³-hybridized carbons (Fsp3) is 0.643. The van der Waals surface area contributed by atoms with Gasteiger partial charge < -0.3 is 15.6 Å². The Kier molecular flexibility index (Phi) is 4.95. The highest BCUT2D eigenvalue weighted by Crippen LogP contribution is 2.27. The fourth-order valence-electron chi connectivity index (χ4n) is 2.70. The first-order chi connectivity index (χ1) is 10.0. The number of nitrogens with zero attached hydrogens (tertiary/aromatic N) is 3. The van der Waals surface area contributed by atoms with E-state index in [-0.39, 0.29) is 5.91 Å². The zero-order valence-corrected chi connectivity index (χ0v) is 12.9. The summed E-state index contributed by atoms with van der Waals surface area (Å²) in [7, 11) is 0. The summed E-state index contributed by atoms with van der Waals surface area (Å²) in [4.78, 5) is 22.1. The maximum absolute atomic E-state index is 11.0. The Balaban J connectivity index is 2.02. The lowest BCUT2D eigenvalue weighted by molar-refractivity contribution is -0.119. The van der Waals surface area contributed by atoms with E-state index in [0.29, 0.717) is 17.6 Å². The zero-order chi connectivity index (χ0) is 15.4. The number of hydrogen-bond donors (Lipinski definition) is 3. The molecular formula is C14H24N6O. The summed E-state index contributed by atoms with van der Waals surface area (Å²) in [6, 6.07) is 0. The van der Waals surface area contributed by atoms with Gasteiger partial charge in [0.05, 0.1) is 0 Å². The van der Waals surface area contributed by atoms with Gasteiger partial charge in [0, 0.05) is 32.1 Å². The SMILES string of the molecule is CC(=O)NCC1CCN(c2nc(C)nc(NN)c2C)CC1. The van der Waals surface area contributed by atoms with Crippen molar-refractivity contribution in [3.8, 4) is 0 Å². The molecule has 1 aromatic heterocycles. The Hall–Kier alpha value is -1.89. The van der Waals surface area contributed by atoms with Crippen LogP contribution in [0.5, 0.6) is 0 Å². The number of hydrogen-bond acceptors (Lipinski definition) is 6. The molecule has 116 valence electrons. The summed E-state index contributed by atoms with van der Waals surface area (Å²) in [5.74, 6) is 8.43. The van der Waals surface area contributed by atoms with E-state index in [2.05, 4.69) is 25.6 Å². The molecule has 1 aliphatic heterocycles. The third-order valence-electron chi connectivity index (χ3n) is 3.92. The number of carbonyl (C=O) groups excluding carboxylic acids is 1. The molecule has 0 aliphatic carbocycles. The van der Waals surface area contributed by atoms with Crippen LogP contribution < -0.4 is 21.5 Å². The van der Waals surface area contributed by atoms with Gasteiger partial charge in [0.15, 0.2) is 0 Å². The first-order valence-electron chi connectivity index (χ1n) is 7.32. The average Bonchev–Trinajstić information content (AvgIpc) is 2.47. The van der Waals surface area contributed by atoms with Crippen LogP contribution >= 0.6 is 0 Å². The van der Waals surface area contributed by atoms with Gasteiger partial charge in [-0.05, 0) is 32.6 Å². The molecule has 0 atom stereocenters. The standard InChI is InChI=1S/C14H24N6O/c1-9-13(19-15)17-10(2)18-14(9)20-6-4-12(5-7-20)8-16-11(3)21/h12H,4-8,15H2,1-3H3,(H,16,21)(H,17,18,19). The summed E-state index contributed by atoms with van der Waals surface area (Å²) >= 11 is 0. The highest BCUT2D eigenvalue weighted by molar-refractivity contribution is 5.72. The highest BCUT2D eigenvalue weighted by Gasteiger charge is 2.22. The minimum absolute atomic E-state index is 0.0401. The van der Waals surface area contributed by atoms with Crippen LogP contribution in [0.2, 0.25) is 0 Å². The number of aryl methyl sites for hydroxylation is 1. The number of hydrazine groups is 1. The van der Waals surface area contributed by atoms with E-state index in [4.69, 9.17) is 5.84 Å². The van der Waals surface area contributed by atoms with Crippen molar-refractivity contribution < 1.29 is 4.79 Å². The number of nitrogens with one attached hydrogen (secondary N) is 2. The first-order valence-corrected chi connectivity index (χ1v) is 7.32. The molecule has 0 aromatic carbocycles. The molecule has 0 saturated carbocycles. The van der Waals surface area contributed by atoms with Crippen LogP contribution in [0.4, 0.5) is 11.6 Å². The van der Waals surface area contributed by atoms with Crippen molar-refractivity contribution in [1.29, 1.82) is 0 Å². The molecule has 2 heterocycles. The second kappa shape index (κ2) is 6.71. The van der Waals surface area contributed by atoms with E-state index in [1.54, 1.807) is 6.92 Å². The average molecular weight is 292 g/mol. The van der Waals surface area contributed by atoms with Gasteiger partial charge in [-0.3, -0.25) is 4.79 Å². The van der Waals surface area contributed by atoms with E-state index >= 15 is 0 Å². The number of anilines is 2. The van der Waals surface area contributed by atoms with Crippen molar-refractivity contribution >= 4 is 17.5 Å². The molecule has 1 aromatic rings. The quantitative estimate of drug-likeness (QED) is 0.559. The number of piperidine rings is 1. The summed E-state index contributed by atoms with van der Waals surface area (Å²) in [5.41, 5.74) is 3.61. The van der Waals surface area contributed by atoms with Gasteiger partial charge in [0.1, 0.15) is 17.5 Å². The Morgan fingerprint density at radius 2 is 2.00 bits per heavy atom. The van der Waals surface area contributed by atoms with Gasteiger partial charge >= 0.3 is 0 Å². The highest BCUT2D eigenvalue weighted by atomic mass is 16.1. The summed E-state index contributed by atoms with van der Waals surface area (Å²) < 4.78 is 0. The van der Waals surface area contributed by atoms with Crippen LogP contribution in [0.25, 0.3) is 0 Å². The van der Waals surface area contributed by atoms with Crippen LogP contribution in [0, 0.1) is 19.8 Å². The number of amides is 1. The molecule has 0 spiro atoms. The van der Waals surface area contributed by atoms with Crippen molar-refractivity contribution in [2.75, 3.05) is 30.0 Å². The summed E-state index contributed by atoms with van der Waals surface area (Å²) in [5, 5.41) is 2.90. The van der Waals surface area contributed by atoms with Crippen LogP contribution in [-0.2, 0) is 4.79 Å². The maximum Gasteiger partial charge on any atom is 0.216 e. The first kappa shape index (κ1) is 15.5. The Bertz CT molecular complexity index is 510. The number of aromatic nitrogens is 2. The number of nitrogen functional groups attached to an aromatic ring is 1. The number of rotatable bonds is 4. The van der Waals surface area contributed by atoms with Crippen LogP contribution in [0.15, 0.2) is 0 Å². The predicted molar refractivity (Wildman–Crippen MR) is 82.9 cm³/mol. The lowest BCUT2D eigenvalue weighted by Crippen LogP contribution is -2.39. The molecule has 7 heteroatoms. The molecule has 0 radical (unpaired) electrons. The van der Waals surface area contributed by atoms with Gasteiger partial charge in [0.2, 0.25) is 5.91 Å². The topological polar surface area (TPSA) is 96.2 Å². The second-order valence-electron chi connectivity index (χ2n) is 5.58. The monoisotopic (exact) mass is 292 g/mol. The van der Waals surface area contributed by atoms with Crippen molar-refractivity contribution in [1.82, 2.24) is 15.3 Å².